The first kappa shape index (κ1) is 22.7. The number of anilines is 2. The van der Waals surface area contributed by atoms with Gasteiger partial charge in [0.25, 0.3) is 5.91 Å². The minimum absolute atomic E-state index is 0.178. The Hall–Kier alpha value is -3.52. The maximum absolute atomic E-state index is 13.0. The molecule has 170 valence electrons. The van der Waals surface area contributed by atoms with Crippen molar-refractivity contribution in [3.63, 3.8) is 0 Å². The van der Waals surface area contributed by atoms with E-state index in [-0.39, 0.29) is 11.9 Å². The van der Waals surface area contributed by atoms with Gasteiger partial charge in [-0.15, -0.1) is 11.8 Å². The molecule has 2 N–H and O–H groups in total. The molecular formula is C25H26N4O3S. The number of benzene rings is 2. The third-order valence-electron chi connectivity index (χ3n) is 5.36. The monoisotopic (exact) mass is 462 g/mol. The van der Waals surface area contributed by atoms with Crippen LogP contribution in [0.1, 0.15) is 27.2 Å². The minimum atomic E-state index is -0.206. The van der Waals surface area contributed by atoms with Crippen molar-refractivity contribution in [2.45, 2.75) is 25.4 Å². The van der Waals surface area contributed by atoms with Crippen LogP contribution in [0.15, 0.2) is 59.6 Å². The number of hydrogen-bond donors (Lipinski definition) is 2. The van der Waals surface area contributed by atoms with E-state index >= 15 is 0 Å². The molecule has 7 nitrogen and oxygen atoms in total. The number of fused-ring (bicyclic) bond motifs is 1. The zero-order valence-corrected chi connectivity index (χ0v) is 19.7. The van der Waals surface area contributed by atoms with Crippen molar-refractivity contribution in [1.82, 2.24) is 10.3 Å². The molecule has 0 atom stereocenters. The Morgan fingerprint density at radius 1 is 1.09 bits per heavy atom. The molecule has 0 saturated carbocycles. The summed E-state index contributed by atoms with van der Waals surface area (Å²) < 4.78 is 5.14. The van der Waals surface area contributed by atoms with E-state index in [9.17, 15) is 9.59 Å². The van der Waals surface area contributed by atoms with Crippen LogP contribution in [0.2, 0.25) is 0 Å². The Morgan fingerprint density at radius 3 is 2.52 bits per heavy atom. The van der Waals surface area contributed by atoms with E-state index in [4.69, 9.17) is 4.74 Å². The molecule has 0 radical (unpaired) electrons. The van der Waals surface area contributed by atoms with Crippen LogP contribution in [0.5, 0.6) is 5.75 Å². The molecule has 0 bridgehead atoms. The molecule has 1 aromatic heterocycles. The molecule has 0 spiro atoms. The summed E-state index contributed by atoms with van der Waals surface area (Å²) in [4.78, 5) is 31.8. The molecule has 1 aliphatic heterocycles. The number of amides is 3. The Morgan fingerprint density at radius 2 is 1.82 bits per heavy atom. The molecule has 0 saturated heterocycles. The number of ether oxygens (including phenoxy) is 1. The summed E-state index contributed by atoms with van der Waals surface area (Å²) in [6.45, 7) is 4.99. The van der Waals surface area contributed by atoms with Crippen LogP contribution in [-0.4, -0.2) is 36.3 Å². The van der Waals surface area contributed by atoms with E-state index in [1.54, 1.807) is 48.0 Å². The van der Waals surface area contributed by atoms with Gasteiger partial charge in [-0.05, 0) is 67.4 Å². The average molecular weight is 463 g/mol. The van der Waals surface area contributed by atoms with Crippen LogP contribution in [0.25, 0.3) is 0 Å². The van der Waals surface area contributed by atoms with Crippen molar-refractivity contribution in [2.24, 2.45) is 0 Å². The fourth-order valence-corrected chi connectivity index (χ4v) is 4.78. The summed E-state index contributed by atoms with van der Waals surface area (Å²) >= 11 is 1.67. The molecule has 0 unspecified atom stereocenters. The predicted molar refractivity (Wildman–Crippen MR) is 131 cm³/mol. The second-order valence-corrected chi connectivity index (χ2v) is 8.86. The number of urea groups is 1. The van der Waals surface area contributed by atoms with E-state index in [0.29, 0.717) is 24.3 Å². The molecule has 2 aromatic carbocycles. The number of nitrogens with zero attached hydrogens (tertiary/aromatic N) is 2. The average Bonchev–Trinajstić information content (AvgIpc) is 2.82. The number of carbonyl (C=O) groups is 2. The minimum Gasteiger partial charge on any atom is -0.497 e. The van der Waals surface area contributed by atoms with Gasteiger partial charge < -0.3 is 15.4 Å². The molecule has 0 fully saturated rings. The van der Waals surface area contributed by atoms with E-state index in [1.807, 2.05) is 44.2 Å². The summed E-state index contributed by atoms with van der Waals surface area (Å²) in [6.07, 6.45) is 0. The standard InChI is InChI=1S/C25H26N4O3S/c1-16-14-17(2)27-24-22(16)29(12-13-33-24)25(31)28-20-8-6-19(7-9-20)23(30)26-15-18-4-10-21(32-3)11-5-18/h4-11,14H,12-13,15H2,1-3H3,(H,26,30)(H,28,31). The first-order valence-corrected chi connectivity index (χ1v) is 11.6. The van der Waals surface area contributed by atoms with Crippen LogP contribution in [0, 0.1) is 13.8 Å². The highest BCUT2D eigenvalue weighted by Gasteiger charge is 2.26. The maximum atomic E-state index is 13.0. The van der Waals surface area contributed by atoms with Gasteiger partial charge >= 0.3 is 6.03 Å². The summed E-state index contributed by atoms with van der Waals surface area (Å²) in [5.41, 5.74) is 4.98. The second-order valence-electron chi connectivity index (χ2n) is 7.77. The van der Waals surface area contributed by atoms with E-state index in [2.05, 4.69) is 15.6 Å². The van der Waals surface area contributed by atoms with Gasteiger partial charge in [-0.25, -0.2) is 9.78 Å². The van der Waals surface area contributed by atoms with Crippen molar-refractivity contribution in [2.75, 3.05) is 29.6 Å². The number of rotatable bonds is 5. The highest BCUT2D eigenvalue weighted by atomic mass is 32.2. The smallest absolute Gasteiger partial charge is 0.326 e. The molecule has 1 aliphatic rings. The summed E-state index contributed by atoms with van der Waals surface area (Å²) in [5, 5.41) is 6.72. The Balaban J connectivity index is 1.38. The zero-order valence-electron chi connectivity index (χ0n) is 18.8. The molecule has 4 rings (SSSR count). The Kier molecular flexibility index (Phi) is 6.84. The zero-order chi connectivity index (χ0) is 23.4. The largest absolute Gasteiger partial charge is 0.497 e. The lowest BCUT2D eigenvalue weighted by atomic mass is 10.1. The molecule has 3 aromatic rings. The van der Waals surface area contributed by atoms with Gasteiger partial charge in [-0.3, -0.25) is 9.69 Å². The number of hydrogen-bond acceptors (Lipinski definition) is 5. The molecule has 0 aliphatic carbocycles. The first-order chi connectivity index (χ1) is 15.9. The quantitative estimate of drug-likeness (QED) is 0.570. The molecule has 8 heteroatoms. The van der Waals surface area contributed by atoms with Gasteiger partial charge in [0.2, 0.25) is 0 Å². The van der Waals surface area contributed by atoms with E-state index in [0.717, 1.165) is 39.0 Å². The Bertz CT molecular complexity index is 1160. The van der Waals surface area contributed by atoms with Crippen LogP contribution in [0.3, 0.4) is 0 Å². The fourth-order valence-electron chi connectivity index (χ4n) is 3.70. The SMILES string of the molecule is COc1ccc(CNC(=O)c2ccc(NC(=O)N3CCSc4nc(C)cc(C)c43)cc2)cc1. The lowest BCUT2D eigenvalue weighted by Gasteiger charge is -2.30. The number of carbonyl (C=O) groups excluding carboxylic acids is 2. The summed E-state index contributed by atoms with van der Waals surface area (Å²) in [6, 6.07) is 16.2. The third kappa shape index (κ3) is 5.28. The second kappa shape index (κ2) is 9.95. The number of methoxy groups -OCH3 is 1. The van der Waals surface area contributed by atoms with Gasteiger partial charge in [-0.2, -0.15) is 0 Å². The fraction of sp³-hybridized carbons (Fsp3) is 0.240. The molecule has 33 heavy (non-hydrogen) atoms. The normalized spacial score (nSPS) is 12.6. The van der Waals surface area contributed by atoms with E-state index < -0.39 is 0 Å². The van der Waals surface area contributed by atoms with Crippen molar-refractivity contribution in [3.05, 3.63) is 77.0 Å². The molecular weight excluding hydrogens is 436 g/mol. The first-order valence-electron chi connectivity index (χ1n) is 10.7. The van der Waals surface area contributed by atoms with Crippen molar-refractivity contribution in [1.29, 1.82) is 0 Å². The Labute approximate surface area is 197 Å². The van der Waals surface area contributed by atoms with Crippen molar-refractivity contribution in [3.8, 4) is 5.75 Å². The van der Waals surface area contributed by atoms with Gasteiger partial charge in [0.05, 0.1) is 12.8 Å². The lowest BCUT2D eigenvalue weighted by molar-refractivity contribution is 0.0951. The highest BCUT2D eigenvalue weighted by molar-refractivity contribution is 7.99. The lowest BCUT2D eigenvalue weighted by Crippen LogP contribution is -2.39. The highest BCUT2D eigenvalue weighted by Crippen LogP contribution is 2.36. The predicted octanol–water partition coefficient (Wildman–Crippen LogP) is 4.78. The van der Waals surface area contributed by atoms with Crippen LogP contribution in [0.4, 0.5) is 16.2 Å². The number of pyridine rings is 1. The van der Waals surface area contributed by atoms with Crippen molar-refractivity contribution >= 4 is 35.1 Å². The van der Waals surface area contributed by atoms with Crippen LogP contribution in [-0.2, 0) is 6.54 Å². The van der Waals surface area contributed by atoms with Gasteiger partial charge in [0.15, 0.2) is 0 Å². The molecule has 2 heterocycles. The van der Waals surface area contributed by atoms with Gasteiger partial charge in [0, 0.05) is 35.8 Å². The van der Waals surface area contributed by atoms with Gasteiger partial charge in [-0.1, -0.05) is 12.1 Å². The number of aryl methyl sites for hydroxylation is 2. The topological polar surface area (TPSA) is 83.6 Å². The maximum Gasteiger partial charge on any atom is 0.326 e. The summed E-state index contributed by atoms with van der Waals surface area (Å²) in [5.74, 6) is 1.39. The number of nitrogens with one attached hydrogen (secondary N) is 2. The number of thioether (sulfide) groups is 1. The summed E-state index contributed by atoms with van der Waals surface area (Å²) in [7, 11) is 1.62. The molecule has 3 amide bonds. The van der Waals surface area contributed by atoms with Crippen molar-refractivity contribution < 1.29 is 14.3 Å². The third-order valence-corrected chi connectivity index (χ3v) is 6.30. The van der Waals surface area contributed by atoms with E-state index in [1.165, 1.54) is 0 Å². The van der Waals surface area contributed by atoms with Gasteiger partial charge in [0.1, 0.15) is 10.8 Å². The number of aromatic nitrogens is 1. The van der Waals surface area contributed by atoms with Crippen LogP contribution < -0.4 is 20.3 Å². The van der Waals surface area contributed by atoms with Crippen LogP contribution >= 0.6 is 11.8 Å².